The minimum atomic E-state index is -0.697. The van der Waals surface area contributed by atoms with Gasteiger partial charge in [-0.1, -0.05) is 15.9 Å². The van der Waals surface area contributed by atoms with Gasteiger partial charge in [0, 0.05) is 4.47 Å². The van der Waals surface area contributed by atoms with Gasteiger partial charge in [-0.3, -0.25) is 4.79 Å². The molecule has 2 rings (SSSR count). The van der Waals surface area contributed by atoms with Gasteiger partial charge in [0.05, 0.1) is 13.3 Å². The Balaban J connectivity index is 1.90. The zero-order valence-electron chi connectivity index (χ0n) is 13.2. The molecule has 7 heteroatoms. The van der Waals surface area contributed by atoms with E-state index in [-0.39, 0.29) is 11.7 Å². The standard InChI is InChI=1S/C17H17BrN2O4/c1-11(24-14-6-4-13(18)5-7-14)17(22)20-19-10-12-3-8-15(21)16(9-12)23-2/h3-11,21H,1-2H3,(H,20,22)/b19-10-/t11-/m0/s1. The summed E-state index contributed by atoms with van der Waals surface area (Å²) in [5.74, 6) is 0.584. The van der Waals surface area contributed by atoms with Gasteiger partial charge in [-0.15, -0.1) is 0 Å². The predicted molar refractivity (Wildman–Crippen MR) is 94.6 cm³/mol. The van der Waals surface area contributed by atoms with E-state index >= 15 is 0 Å². The van der Waals surface area contributed by atoms with Crippen molar-refractivity contribution in [2.24, 2.45) is 5.10 Å². The number of hydrazone groups is 1. The summed E-state index contributed by atoms with van der Waals surface area (Å²) >= 11 is 3.33. The molecular formula is C17H17BrN2O4. The number of nitrogens with one attached hydrogen (secondary N) is 1. The highest BCUT2D eigenvalue weighted by molar-refractivity contribution is 9.10. The lowest BCUT2D eigenvalue weighted by Gasteiger charge is -2.12. The highest BCUT2D eigenvalue weighted by Gasteiger charge is 2.13. The molecule has 0 fully saturated rings. The van der Waals surface area contributed by atoms with Crippen LogP contribution < -0.4 is 14.9 Å². The summed E-state index contributed by atoms with van der Waals surface area (Å²) in [5.41, 5.74) is 3.08. The Kier molecular flexibility index (Phi) is 6.20. The first-order chi connectivity index (χ1) is 11.5. The fourth-order valence-corrected chi connectivity index (χ4v) is 2.07. The van der Waals surface area contributed by atoms with E-state index in [1.54, 1.807) is 31.2 Å². The summed E-state index contributed by atoms with van der Waals surface area (Å²) in [6.07, 6.45) is 0.754. The van der Waals surface area contributed by atoms with Gasteiger partial charge in [0.2, 0.25) is 0 Å². The zero-order chi connectivity index (χ0) is 17.5. The maximum Gasteiger partial charge on any atom is 0.280 e. The molecule has 2 N–H and O–H groups in total. The van der Waals surface area contributed by atoms with Crippen LogP contribution in [-0.2, 0) is 4.79 Å². The molecule has 0 aliphatic rings. The first-order valence-corrected chi connectivity index (χ1v) is 7.91. The van der Waals surface area contributed by atoms with Crippen molar-refractivity contribution in [1.29, 1.82) is 0 Å². The lowest BCUT2D eigenvalue weighted by atomic mass is 10.2. The highest BCUT2D eigenvalue weighted by Crippen LogP contribution is 2.25. The topological polar surface area (TPSA) is 80.2 Å². The lowest BCUT2D eigenvalue weighted by Crippen LogP contribution is -2.33. The summed E-state index contributed by atoms with van der Waals surface area (Å²) in [6.45, 7) is 1.64. The number of halogens is 1. The number of phenolic OH excluding ortho intramolecular Hbond substituents is 1. The molecule has 126 valence electrons. The van der Waals surface area contributed by atoms with Gasteiger partial charge in [0.15, 0.2) is 17.6 Å². The maximum atomic E-state index is 12.0. The molecule has 24 heavy (non-hydrogen) atoms. The van der Waals surface area contributed by atoms with E-state index in [4.69, 9.17) is 9.47 Å². The number of carbonyl (C=O) groups excluding carboxylic acids is 1. The molecule has 0 heterocycles. The van der Waals surface area contributed by atoms with E-state index in [1.807, 2.05) is 12.1 Å². The minimum Gasteiger partial charge on any atom is -0.504 e. The van der Waals surface area contributed by atoms with Gasteiger partial charge >= 0.3 is 0 Å². The number of hydrogen-bond acceptors (Lipinski definition) is 5. The molecule has 1 amide bonds. The van der Waals surface area contributed by atoms with E-state index in [0.29, 0.717) is 17.1 Å². The van der Waals surface area contributed by atoms with Gasteiger partial charge in [0.1, 0.15) is 5.75 Å². The molecule has 0 saturated heterocycles. The van der Waals surface area contributed by atoms with Crippen molar-refractivity contribution in [3.05, 3.63) is 52.5 Å². The molecule has 0 saturated carbocycles. The predicted octanol–water partition coefficient (Wildman–Crippen LogP) is 3.08. The normalized spacial score (nSPS) is 12.0. The van der Waals surface area contributed by atoms with Crippen molar-refractivity contribution < 1.29 is 19.4 Å². The van der Waals surface area contributed by atoms with Crippen molar-refractivity contribution in [3.8, 4) is 17.2 Å². The Morgan fingerprint density at radius 2 is 2.00 bits per heavy atom. The fourth-order valence-electron chi connectivity index (χ4n) is 1.81. The molecule has 1 atom stereocenters. The van der Waals surface area contributed by atoms with Crippen LogP contribution in [-0.4, -0.2) is 30.4 Å². The van der Waals surface area contributed by atoms with Gasteiger partial charge in [0.25, 0.3) is 5.91 Å². The Hall–Kier alpha value is -2.54. The number of benzene rings is 2. The van der Waals surface area contributed by atoms with Crippen molar-refractivity contribution in [3.63, 3.8) is 0 Å². The molecule has 0 aliphatic heterocycles. The second-order valence-electron chi connectivity index (χ2n) is 4.88. The molecular weight excluding hydrogens is 376 g/mol. The van der Waals surface area contributed by atoms with Crippen LogP contribution in [0.2, 0.25) is 0 Å². The van der Waals surface area contributed by atoms with Crippen molar-refractivity contribution in [2.45, 2.75) is 13.0 Å². The average Bonchev–Trinajstić information content (AvgIpc) is 2.58. The van der Waals surface area contributed by atoms with Crippen LogP contribution in [0.4, 0.5) is 0 Å². The summed E-state index contributed by atoms with van der Waals surface area (Å²) in [5, 5.41) is 13.4. The smallest absolute Gasteiger partial charge is 0.280 e. The Labute approximate surface area is 148 Å². The van der Waals surface area contributed by atoms with Crippen molar-refractivity contribution in [1.82, 2.24) is 5.43 Å². The molecule has 0 spiro atoms. The quantitative estimate of drug-likeness (QED) is 0.584. The lowest BCUT2D eigenvalue weighted by molar-refractivity contribution is -0.127. The number of hydrogen-bond donors (Lipinski definition) is 2. The number of aromatic hydroxyl groups is 1. The van der Waals surface area contributed by atoms with Crippen LogP contribution in [0.3, 0.4) is 0 Å². The number of carbonyl (C=O) groups is 1. The van der Waals surface area contributed by atoms with Gasteiger partial charge in [-0.2, -0.15) is 5.10 Å². The summed E-state index contributed by atoms with van der Waals surface area (Å²) in [7, 11) is 1.46. The number of phenols is 1. The third-order valence-corrected chi connectivity index (χ3v) is 3.62. The number of nitrogens with zero attached hydrogens (tertiary/aromatic N) is 1. The Bertz CT molecular complexity index is 732. The maximum absolute atomic E-state index is 12.0. The fraction of sp³-hybridized carbons (Fsp3) is 0.176. The summed E-state index contributed by atoms with van der Waals surface area (Å²) < 4.78 is 11.5. The third-order valence-electron chi connectivity index (χ3n) is 3.09. The first-order valence-electron chi connectivity index (χ1n) is 7.11. The molecule has 0 unspecified atom stereocenters. The molecule has 6 nitrogen and oxygen atoms in total. The van der Waals surface area contributed by atoms with Crippen LogP contribution in [0, 0.1) is 0 Å². The zero-order valence-corrected chi connectivity index (χ0v) is 14.8. The van der Waals surface area contributed by atoms with E-state index in [0.717, 1.165) is 4.47 Å². The number of amides is 1. The van der Waals surface area contributed by atoms with Gasteiger partial charge < -0.3 is 14.6 Å². The molecule has 0 aliphatic carbocycles. The highest BCUT2D eigenvalue weighted by atomic mass is 79.9. The molecule has 0 bridgehead atoms. The van der Waals surface area contributed by atoms with E-state index in [1.165, 1.54) is 19.4 Å². The number of ether oxygens (including phenoxy) is 2. The van der Waals surface area contributed by atoms with Crippen LogP contribution >= 0.6 is 15.9 Å². The van der Waals surface area contributed by atoms with Crippen LogP contribution in [0.25, 0.3) is 0 Å². The minimum absolute atomic E-state index is 0.0372. The van der Waals surface area contributed by atoms with Crippen LogP contribution in [0.5, 0.6) is 17.2 Å². The first kappa shape index (κ1) is 17.8. The summed E-state index contributed by atoms with van der Waals surface area (Å²) in [4.78, 5) is 12.0. The van der Waals surface area contributed by atoms with E-state index in [2.05, 4.69) is 26.5 Å². The van der Waals surface area contributed by atoms with Crippen molar-refractivity contribution in [2.75, 3.05) is 7.11 Å². The third kappa shape index (κ3) is 4.99. The monoisotopic (exact) mass is 392 g/mol. The van der Waals surface area contributed by atoms with Crippen molar-refractivity contribution >= 4 is 28.1 Å². The van der Waals surface area contributed by atoms with Gasteiger partial charge in [-0.05, 0) is 55.0 Å². The van der Waals surface area contributed by atoms with Crippen LogP contribution in [0.1, 0.15) is 12.5 Å². The largest absolute Gasteiger partial charge is 0.504 e. The molecule has 2 aromatic rings. The average molecular weight is 393 g/mol. The van der Waals surface area contributed by atoms with E-state index in [9.17, 15) is 9.90 Å². The molecule has 0 radical (unpaired) electrons. The van der Waals surface area contributed by atoms with E-state index < -0.39 is 6.10 Å². The Morgan fingerprint density at radius 1 is 1.29 bits per heavy atom. The SMILES string of the molecule is COc1cc(/C=N\NC(=O)[C@H](C)Oc2ccc(Br)cc2)ccc1O. The summed E-state index contributed by atoms with van der Waals surface area (Å²) in [6, 6.07) is 11.9. The second kappa shape index (κ2) is 8.35. The van der Waals surface area contributed by atoms with Crippen LogP contribution in [0.15, 0.2) is 52.0 Å². The second-order valence-corrected chi connectivity index (χ2v) is 5.80. The van der Waals surface area contributed by atoms with Gasteiger partial charge in [-0.25, -0.2) is 5.43 Å². The molecule has 2 aromatic carbocycles. The molecule has 0 aromatic heterocycles. The number of rotatable bonds is 6. The Morgan fingerprint density at radius 3 is 2.67 bits per heavy atom. The number of methoxy groups -OCH3 is 1.